The molecule has 0 saturated carbocycles. The average Bonchev–Trinajstić information content (AvgIpc) is 2.71. The molecule has 0 unspecified atom stereocenters. The summed E-state index contributed by atoms with van der Waals surface area (Å²) in [6, 6.07) is 2.86. The lowest BCUT2D eigenvalue weighted by Crippen LogP contribution is -2.38. The Balaban J connectivity index is 0.00000289. The number of carbonyl (C=O) groups is 1. The lowest BCUT2D eigenvalue weighted by atomic mass is 10.5. The molecule has 4 N–H and O–H groups in total. The lowest BCUT2D eigenvalue weighted by Gasteiger charge is -2.05. The van der Waals surface area contributed by atoms with Gasteiger partial charge >= 0.3 is 0 Å². The third kappa shape index (κ3) is 5.51. The van der Waals surface area contributed by atoms with Crippen LogP contribution in [0.3, 0.4) is 0 Å². The Labute approximate surface area is 120 Å². The van der Waals surface area contributed by atoms with Crippen LogP contribution < -0.4 is 15.8 Å². The van der Waals surface area contributed by atoms with E-state index < -0.39 is 15.9 Å². The maximum Gasteiger partial charge on any atom is 0.250 e. The molecule has 0 aliphatic carbocycles. The molecule has 0 fully saturated rings. The first-order chi connectivity index (χ1) is 7.95. The van der Waals surface area contributed by atoms with Crippen LogP contribution in [0.15, 0.2) is 16.3 Å². The number of thiophene rings is 1. The van der Waals surface area contributed by atoms with Gasteiger partial charge in [-0.2, -0.15) is 0 Å². The summed E-state index contributed by atoms with van der Waals surface area (Å²) in [5.41, 5.74) is 5.19. The zero-order valence-electron chi connectivity index (χ0n) is 9.18. The van der Waals surface area contributed by atoms with Gasteiger partial charge in [0.05, 0.1) is 10.9 Å². The van der Waals surface area contributed by atoms with Gasteiger partial charge in [0.15, 0.2) is 0 Å². The number of hydrogen-bond acceptors (Lipinski definition) is 5. The SMILES string of the molecule is Cl.NCCNC(=O)CNS(=O)(=O)c1ccc(Cl)s1. The van der Waals surface area contributed by atoms with E-state index in [0.29, 0.717) is 17.4 Å². The summed E-state index contributed by atoms with van der Waals surface area (Å²) in [6.45, 7) is 0.294. The minimum absolute atomic E-state index is 0. The predicted molar refractivity (Wildman–Crippen MR) is 73.8 cm³/mol. The third-order valence-corrected chi connectivity index (χ3v) is 4.83. The second-order valence-corrected chi connectivity index (χ2v) is 6.73. The van der Waals surface area contributed by atoms with Gasteiger partial charge in [0.25, 0.3) is 10.0 Å². The zero-order chi connectivity index (χ0) is 12.9. The molecule has 0 saturated heterocycles. The minimum Gasteiger partial charge on any atom is -0.354 e. The molecule has 6 nitrogen and oxygen atoms in total. The molecule has 1 aromatic heterocycles. The van der Waals surface area contributed by atoms with E-state index >= 15 is 0 Å². The van der Waals surface area contributed by atoms with Gasteiger partial charge < -0.3 is 11.1 Å². The molecule has 0 bridgehead atoms. The monoisotopic (exact) mass is 333 g/mol. The molecule has 10 heteroatoms. The van der Waals surface area contributed by atoms with E-state index in [0.717, 1.165) is 11.3 Å². The predicted octanol–water partition coefficient (Wildman–Crippen LogP) is 0.176. The summed E-state index contributed by atoms with van der Waals surface area (Å²) >= 11 is 6.56. The highest BCUT2D eigenvalue weighted by Crippen LogP contribution is 2.24. The smallest absolute Gasteiger partial charge is 0.250 e. The van der Waals surface area contributed by atoms with Crippen molar-refractivity contribution < 1.29 is 13.2 Å². The number of sulfonamides is 1. The van der Waals surface area contributed by atoms with Crippen molar-refractivity contribution in [3.63, 3.8) is 0 Å². The molecule has 0 atom stereocenters. The summed E-state index contributed by atoms with van der Waals surface area (Å²) in [5.74, 6) is -0.429. The molecule has 1 amide bonds. The Hall–Kier alpha value is -0.380. The van der Waals surface area contributed by atoms with Crippen LogP contribution in [-0.2, 0) is 14.8 Å². The molecule has 1 rings (SSSR count). The highest BCUT2D eigenvalue weighted by atomic mass is 35.5. The number of carbonyl (C=O) groups excluding carboxylic acids is 1. The van der Waals surface area contributed by atoms with Crippen molar-refractivity contribution in [1.29, 1.82) is 0 Å². The Bertz CT molecular complexity index is 490. The lowest BCUT2D eigenvalue weighted by molar-refractivity contribution is -0.119. The van der Waals surface area contributed by atoms with Crippen molar-refractivity contribution in [1.82, 2.24) is 10.0 Å². The van der Waals surface area contributed by atoms with Crippen LogP contribution in [0.1, 0.15) is 0 Å². The number of amides is 1. The number of nitrogens with one attached hydrogen (secondary N) is 2. The topological polar surface area (TPSA) is 101 Å². The molecule has 18 heavy (non-hydrogen) atoms. The Morgan fingerprint density at radius 2 is 2.11 bits per heavy atom. The molecular weight excluding hydrogens is 321 g/mol. The quantitative estimate of drug-likeness (QED) is 0.690. The fraction of sp³-hybridized carbons (Fsp3) is 0.375. The summed E-state index contributed by atoms with van der Waals surface area (Å²) in [7, 11) is -3.67. The Morgan fingerprint density at radius 3 is 2.61 bits per heavy atom. The van der Waals surface area contributed by atoms with Gasteiger partial charge in [0, 0.05) is 13.1 Å². The van der Waals surface area contributed by atoms with E-state index in [1.54, 1.807) is 0 Å². The van der Waals surface area contributed by atoms with E-state index in [2.05, 4.69) is 10.0 Å². The third-order valence-electron chi connectivity index (χ3n) is 1.70. The van der Waals surface area contributed by atoms with Gasteiger partial charge in [-0.05, 0) is 12.1 Å². The molecule has 0 spiro atoms. The first-order valence-electron chi connectivity index (χ1n) is 4.67. The van der Waals surface area contributed by atoms with Gasteiger partial charge in [-0.25, -0.2) is 13.1 Å². The van der Waals surface area contributed by atoms with E-state index in [4.69, 9.17) is 17.3 Å². The van der Waals surface area contributed by atoms with Crippen LogP contribution in [-0.4, -0.2) is 34.0 Å². The van der Waals surface area contributed by atoms with Gasteiger partial charge in [-0.3, -0.25) is 4.79 Å². The molecular formula is C8H13Cl2N3O3S2. The molecule has 0 aliphatic rings. The highest BCUT2D eigenvalue weighted by Gasteiger charge is 2.17. The second kappa shape index (κ2) is 7.93. The molecule has 0 radical (unpaired) electrons. The maximum atomic E-state index is 11.7. The van der Waals surface area contributed by atoms with Gasteiger partial charge in [0.2, 0.25) is 5.91 Å². The van der Waals surface area contributed by atoms with Crippen LogP contribution in [0.2, 0.25) is 4.34 Å². The summed E-state index contributed by atoms with van der Waals surface area (Å²) in [4.78, 5) is 11.2. The van der Waals surface area contributed by atoms with E-state index in [-0.39, 0.29) is 23.2 Å². The molecule has 0 aliphatic heterocycles. The van der Waals surface area contributed by atoms with Crippen LogP contribution >= 0.6 is 35.3 Å². The standard InChI is InChI=1S/C8H12ClN3O3S2.ClH/c9-6-1-2-8(16-6)17(14,15)12-5-7(13)11-4-3-10;/h1-2,12H,3-5,10H2,(H,11,13);1H. The van der Waals surface area contributed by atoms with Crippen molar-refractivity contribution in [3.05, 3.63) is 16.5 Å². The normalized spacial score (nSPS) is 10.8. The number of hydrogen-bond donors (Lipinski definition) is 3. The van der Waals surface area contributed by atoms with Crippen molar-refractivity contribution in [2.24, 2.45) is 5.73 Å². The van der Waals surface area contributed by atoms with Crippen molar-refractivity contribution >= 4 is 51.3 Å². The molecule has 0 aromatic carbocycles. The van der Waals surface area contributed by atoms with Gasteiger partial charge in [-0.15, -0.1) is 23.7 Å². The van der Waals surface area contributed by atoms with E-state index in [1.807, 2.05) is 0 Å². The maximum absolute atomic E-state index is 11.7. The van der Waals surface area contributed by atoms with Crippen molar-refractivity contribution in [2.75, 3.05) is 19.6 Å². The van der Waals surface area contributed by atoms with E-state index in [9.17, 15) is 13.2 Å². The fourth-order valence-electron chi connectivity index (χ4n) is 0.948. The van der Waals surface area contributed by atoms with Crippen LogP contribution in [0.25, 0.3) is 0 Å². The van der Waals surface area contributed by atoms with E-state index in [1.165, 1.54) is 12.1 Å². The Morgan fingerprint density at radius 1 is 1.44 bits per heavy atom. The second-order valence-electron chi connectivity index (χ2n) is 3.02. The first-order valence-corrected chi connectivity index (χ1v) is 7.35. The molecule has 104 valence electrons. The highest BCUT2D eigenvalue weighted by molar-refractivity contribution is 7.91. The number of rotatable bonds is 6. The number of nitrogens with two attached hydrogens (primary N) is 1. The Kier molecular flexibility index (Phi) is 7.76. The van der Waals surface area contributed by atoms with Crippen LogP contribution in [0.5, 0.6) is 0 Å². The van der Waals surface area contributed by atoms with Gasteiger partial charge in [0.1, 0.15) is 4.21 Å². The van der Waals surface area contributed by atoms with Crippen LogP contribution in [0, 0.1) is 0 Å². The fourth-order valence-corrected chi connectivity index (χ4v) is 3.46. The molecule has 1 aromatic rings. The summed E-state index contributed by atoms with van der Waals surface area (Å²) in [5, 5.41) is 2.45. The molecule has 1 heterocycles. The average molecular weight is 334 g/mol. The summed E-state index contributed by atoms with van der Waals surface area (Å²) in [6.07, 6.45) is 0. The van der Waals surface area contributed by atoms with Crippen molar-refractivity contribution in [2.45, 2.75) is 4.21 Å². The van der Waals surface area contributed by atoms with Gasteiger partial charge in [-0.1, -0.05) is 11.6 Å². The van der Waals surface area contributed by atoms with Crippen LogP contribution in [0.4, 0.5) is 0 Å². The summed E-state index contributed by atoms with van der Waals surface area (Å²) < 4.78 is 25.9. The first kappa shape index (κ1) is 17.6. The largest absolute Gasteiger partial charge is 0.354 e. The number of halogens is 2. The van der Waals surface area contributed by atoms with Crippen molar-refractivity contribution in [3.8, 4) is 0 Å². The minimum atomic E-state index is -3.67. The zero-order valence-corrected chi connectivity index (χ0v) is 12.4.